The lowest BCUT2D eigenvalue weighted by Crippen LogP contribution is -2.26. The Bertz CT molecular complexity index is 905. The zero-order chi connectivity index (χ0) is 16.2. The highest BCUT2D eigenvalue weighted by molar-refractivity contribution is 9.10. The number of fused-ring (bicyclic) bond motifs is 4. The molecule has 23 heavy (non-hydrogen) atoms. The second-order valence-corrected chi connectivity index (χ2v) is 8.76. The summed E-state index contributed by atoms with van der Waals surface area (Å²) in [5, 5.41) is 3.77. The Kier molecular flexibility index (Phi) is 3.49. The summed E-state index contributed by atoms with van der Waals surface area (Å²) in [7, 11) is 0. The molecular weight excluding hydrogens is 348 g/mol. The summed E-state index contributed by atoms with van der Waals surface area (Å²) in [4.78, 5) is 0. The van der Waals surface area contributed by atoms with Crippen molar-refractivity contribution < 1.29 is 4.42 Å². The third-order valence-corrected chi connectivity index (χ3v) is 5.81. The number of rotatable bonds is 0. The van der Waals surface area contributed by atoms with Gasteiger partial charge in [0.2, 0.25) is 0 Å². The maximum absolute atomic E-state index is 6.34. The first-order valence-electron chi connectivity index (χ1n) is 8.39. The number of benzene rings is 2. The van der Waals surface area contributed by atoms with Gasteiger partial charge in [-0.1, -0.05) is 42.8 Å². The molecule has 0 saturated heterocycles. The van der Waals surface area contributed by atoms with Crippen LogP contribution in [0.3, 0.4) is 0 Å². The van der Waals surface area contributed by atoms with Gasteiger partial charge in [0.15, 0.2) is 0 Å². The molecule has 1 nitrogen and oxygen atoms in total. The molecule has 118 valence electrons. The minimum atomic E-state index is 0.345. The molecule has 4 rings (SSSR count). The van der Waals surface area contributed by atoms with E-state index in [0.29, 0.717) is 11.3 Å². The molecule has 0 bridgehead atoms. The van der Waals surface area contributed by atoms with Crippen LogP contribution in [0.2, 0.25) is 0 Å². The Morgan fingerprint density at radius 3 is 2.65 bits per heavy atom. The van der Waals surface area contributed by atoms with Crippen LogP contribution >= 0.6 is 15.9 Å². The molecule has 0 aliphatic heterocycles. The first kappa shape index (κ1) is 15.1. The fourth-order valence-electron chi connectivity index (χ4n) is 3.77. The minimum absolute atomic E-state index is 0.345. The van der Waals surface area contributed by atoms with Crippen LogP contribution in [0.5, 0.6) is 0 Å². The molecule has 1 aliphatic rings. The third-order valence-electron chi connectivity index (χ3n) is 5.31. The molecule has 1 unspecified atom stereocenters. The maximum atomic E-state index is 6.34. The Hall–Kier alpha value is -1.41. The molecule has 0 fully saturated rings. The van der Waals surface area contributed by atoms with Gasteiger partial charge in [-0.3, -0.25) is 0 Å². The highest BCUT2D eigenvalue weighted by atomic mass is 79.9. The first-order valence-corrected chi connectivity index (χ1v) is 9.18. The predicted molar refractivity (Wildman–Crippen MR) is 101 cm³/mol. The van der Waals surface area contributed by atoms with E-state index in [1.165, 1.54) is 33.9 Å². The third kappa shape index (κ3) is 2.67. The summed E-state index contributed by atoms with van der Waals surface area (Å²) in [5.41, 5.74) is 2.75. The molecular formula is C21H22BrO+. The molecule has 1 aliphatic carbocycles. The summed E-state index contributed by atoms with van der Waals surface area (Å²) in [5.74, 6) is 1.90. The van der Waals surface area contributed by atoms with Gasteiger partial charge in [-0.15, -0.1) is 0 Å². The van der Waals surface area contributed by atoms with Gasteiger partial charge in [0, 0.05) is 10.5 Å². The molecule has 1 atom stereocenters. The van der Waals surface area contributed by atoms with Crippen molar-refractivity contribution in [1.82, 2.24) is 0 Å². The van der Waals surface area contributed by atoms with E-state index in [-0.39, 0.29) is 0 Å². The van der Waals surface area contributed by atoms with Gasteiger partial charge in [-0.2, -0.15) is 0 Å². The fourth-order valence-corrected chi connectivity index (χ4v) is 4.15. The highest BCUT2D eigenvalue weighted by Gasteiger charge is 2.35. The average molecular weight is 370 g/mol. The number of hydrogen-bond acceptors (Lipinski definition) is 0. The van der Waals surface area contributed by atoms with Crippen LogP contribution in [-0.2, 0) is 12.8 Å². The van der Waals surface area contributed by atoms with E-state index in [1.807, 2.05) is 0 Å². The van der Waals surface area contributed by atoms with Crippen LogP contribution in [0.15, 0.2) is 45.3 Å². The van der Waals surface area contributed by atoms with Gasteiger partial charge in [0.1, 0.15) is 0 Å². The lowest BCUT2D eigenvalue weighted by Gasteiger charge is -2.31. The average Bonchev–Trinajstić information content (AvgIpc) is 2.51. The van der Waals surface area contributed by atoms with Crippen molar-refractivity contribution in [2.75, 3.05) is 0 Å². The number of aryl methyl sites for hydroxylation is 1. The molecule has 0 N–H and O–H groups in total. The van der Waals surface area contributed by atoms with E-state index in [9.17, 15) is 0 Å². The summed E-state index contributed by atoms with van der Waals surface area (Å²) in [6.07, 6.45) is 3.45. The van der Waals surface area contributed by atoms with E-state index in [4.69, 9.17) is 4.42 Å². The Balaban J connectivity index is 1.87. The summed E-state index contributed by atoms with van der Waals surface area (Å²) in [6.45, 7) is 7.03. The van der Waals surface area contributed by atoms with Gasteiger partial charge in [0.25, 0.3) is 0 Å². The highest BCUT2D eigenvalue weighted by Crippen LogP contribution is 2.39. The molecule has 2 aromatic carbocycles. The molecule has 0 radical (unpaired) electrons. The van der Waals surface area contributed by atoms with E-state index < -0.39 is 0 Å². The quantitative estimate of drug-likeness (QED) is 0.314. The van der Waals surface area contributed by atoms with Crippen LogP contribution < -0.4 is 0 Å². The molecule has 0 saturated carbocycles. The molecule has 1 heterocycles. The molecule has 1 aromatic heterocycles. The van der Waals surface area contributed by atoms with Crippen molar-refractivity contribution in [2.45, 2.75) is 40.0 Å². The van der Waals surface area contributed by atoms with Crippen LogP contribution in [0, 0.1) is 11.3 Å². The predicted octanol–water partition coefficient (Wildman–Crippen LogP) is 6.78. The first-order chi connectivity index (χ1) is 10.9. The van der Waals surface area contributed by atoms with Gasteiger partial charge in [-0.05, 0) is 59.2 Å². The minimum Gasteiger partial charge on any atom is -0.212 e. The second-order valence-electron chi connectivity index (χ2n) is 7.84. The standard InChI is InChI=1S/C21H22BrO/c1-21(2,3)15-6-4-14-11-18-17-8-7-16(22)10-13(17)5-9-19(18)23-20(14)12-15/h5,7-11,15H,4,6,12H2,1-3H3/q+1. The van der Waals surface area contributed by atoms with Crippen LogP contribution in [0.25, 0.3) is 21.7 Å². The van der Waals surface area contributed by atoms with Crippen molar-refractivity contribution in [3.8, 4) is 0 Å². The van der Waals surface area contributed by atoms with E-state index >= 15 is 0 Å². The van der Waals surface area contributed by atoms with E-state index in [1.54, 1.807) is 0 Å². The van der Waals surface area contributed by atoms with E-state index in [2.05, 4.69) is 73.1 Å². The largest absolute Gasteiger partial charge is 0.360 e. The maximum Gasteiger partial charge on any atom is 0.360 e. The molecule has 0 spiro atoms. The molecule has 3 aromatic rings. The van der Waals surface area contributed by atoms with Gasteiger partial charge in [-0.25, -0.2) is 4.42 Å². The topological polar surface area (TPSA) is 11.3 Å². The molecule has 0 amide bonds. The summed E-state index contributed by atoms with van der Waals surface area (Å²) < 4.78 is 7.45. The van der Waals surface area contributed by atoms with Crippen molar-refractivity contribution >= 4 is 37.7 Å². The fraction of sp³-hybridized carbons (Fsp3) is 0.381. The second kappa shape index (κ2) is 5.31. The SMILES string of the molecule is CC(C)(C)C1CCc2cc3c(ccc4cc(Br)ccc43)[o+]c2C1. The Morgan fingerprint density at radius 1 is 1.04 bits per heavy atom. The van der Waals surface area contributed by atoms with Crippen molar-refractivity contribution in [1.29, 1.82) is 0 Å². The summed E-state index contributed by atoms with van der Waals surface area (Å²) in [6, 6.07) is 13.1. The van der Waals surface area contributed by atoms with Crippen molar-refractivity contribution in [3.05, 3.63) is 52.2 Å². The van der Waals surface area contributed by atoms with Gasteiger partial charge >= 0.3 is 11.3 Å². The van der Waals surface area contributed by atoms with Crippen molar-refractivity contribution in [2.24, 2.45) is 11.3 Å². The monoisotopic (exact) mass is 369 g/mol. The number of halogens is 1. The smallest absolute Gasteiger partial charge is 0.212 e. The Labute approximate surface area is 145 Å². The lowest BCUT2D eigenvalue weighted by molar-refractivity contribution is 0.202. The lowest BCUT2D eigenvalue weighted by atomic mass is 9.72. The van der Waals surface area contributed by atoms with Crippen molar-refractivity contribution in [3.63, 3.8) is 0 Å². The summed E-state index contributed by atoms with van der Waals surface area (Å²) >= 11 is 3.56. The van der Waals surface area contributed by atoms with Crippen LogP contribution in [0.4, 0.5) is 0 Å². The zero-order valence-electron chi connectivity index (χ0n) is 13.9. The zero-order valence-corrected chi connectivity index (χ0v) is 15.5. The number of hydrogen-bond donors (Lipinski definition) is 0. The van der Waals surface area contributed by atoms with Crippen LogP contribution in [-0.4, -0.2) is 0 Å². The normalized spacial score (nSPS) is 18.3. The van der Waals surface area contributed by atoms with E-state index in [0.717, 1.165) is 22.9 Å². The van der Waals surface area contributed by atoms with Crippen LogP contribution in [0.1, 0.15) is 38.5 Å². The van der Waals surface area contributed by atoms with Gasteiger partial charge in [0.05, 0.1) is 17.4 Å². The Morgan fingerprint density at radius 2 is 1.87 bits per heavy atom. The van der Waals surface area contributed by atoms with Gasteiger partial charge < -0.3 is 0 Å². The molecule has 2 heteroatoms.